The summed E-state index contributed by atoms with van der Waals surface area (Å²) in [6.45, 7) is 2.12. The van der Waals surface area contributed by atoms with E-state index >= 15 is 8.78 Å². The normalized spacial score (nSPS) is 11.3. The number of aryl methyl sites for hydroxylation is 1. The molecule has 0 unspecified atom stereocenters. The lowest BCUT2D eigenvalue weighted by Crippen LogP contribution is -2.23. The van der Waals surface area contributed by atoms with Gasteiger partial charge in [-0.3, -0.25) is 4.98 Å². The topological polar surface area (TPSA) is 45.9 Å². The molecule has 9 heteroatoms. The molecule has 0 fully saturated rings. The molecule has 0 spiro atoms. The second kappa shape index (κ2) is 13.3. The molecule has 0 bridgehead atoms. The minimum Gasteiger partial charge on any atom is -0.429 e. The van der Waals surface area contributed by atoms with Gasteiger partial charge in [0.25, 0.3) is 0 Å². The molecule has 0 saturated heterocycles. The van der Waals surface area contributed by atoms with Crippen molar-refractivity contribution >= 4 is 0 Å². The van der Waals surface area contributed by atoms with E-state index in [9.17, 15) is 17.6 Å². The van der Waals surface area contributed by atoms with E-state index in [0.717, 1.165) is 61.6 Å². The van der Waals surface area contributed by atoms with Gasteiger partial charge in [0.05, 0.1) is 11.3 Å². The van der Waals surface area contributed by atoms with E-state index in [1.54, 1.807) is 12.3 Å². The SMILES string of the molecule is CCCCCc1ccc(-c2ccc(C(F)(F)Oc3ccc(-c4ccc(-c5cc(F)c(C#N)c(F)c5)c(F)c4)cc3)c(F)c2)nc1. The second-order valence-electron chi connectivity index (χ2n) is 10.5. The lowest BCUT2D eigenvalue weighted by atomic mass is 9.98. The second-order valence-corrected chi connectivity index (χ2v) is 10.5. The lowest BCUT2D eigenvalue weighted by molar-refractivity contribution is -0.187. The molecule has 1 aromatic heterocycles. The molecular formula is C36H26F6N2O. The van der Waals surface area contributed by atoms with E-state index in [0.29, 0.717) is 22.4 Å². The summed E-state index contributed by atoms with van der Waals surface area (Å²) in [4.78, 5) is 4.35. The standard InChI is InChI=1S/C36H26F6N2O/c1-2-3-4-5-22-6-15-35(44-21-22)25-10-14-30(34(40)17-25)36(41,42)45-27-11-7-23(8-12-27)24-9-13-28(31(37)16-24)26-18-32(38)29(20-43)33(39)19-26/h6-19,21H,2-5H2,1H3. The summed E-state index contributed by atoms with van der Waals surface area (Å²) in [5.41, 5.74) is 0.758. The molecule has 0 radical (unpaired) electrons. The highest BCUT2D eigenvalue weighted by atomic mass is 19.3. The van der Waals surface area contributed by atoms with Crippen molar-refractivity contribution in [2.45, 2.75) is 38.7 Å². The van der Waals surface area contributed by atoms with Crippen LogP contribution < -0.4 is 4.74 Å². The van der Waals surface area contributed by atoms with Crippen LogP contribution in [0.4, 0.5) is 26.3 Å². The number of pyridine rings is 1. The molecule has 0 aliphatic carbocycles. The Labute approximate surface area is 256 Å². The number of nitriles is 1. The Kier molecular flexibility index (Phi) is 9.24. The Morgan fingerprint density at radius 3 is 1.96 bits per heavy atom. The number of benzene rings is 4. The fourth-order valence-electron chi connectivity index (χ4n) is 4.92. The summed E-state index contributed by atoms with van der Waals surface area (Å²) in [7, 11) is 0. The summed E-state index contributed by atoms with van der Waals surface area (Å²) in [5, 5.41) is 8.84. The van der Waals surface area contributed by atoms with Crippen LogP contribution in [-0.4, -0.2) is 4.98 Å². The Morgan fingerprint density at radius 1 is 0.711 bits per heavy atom. The first-order valence-electron chi connectivity index (χ1n) is 14.2. The predicted octanol–water partition coefficient (Wildman–Crippen LogP) is 10.4. The van der Waals surface area contributed by atoms with Crippen molar-refractivity contribution in [3.63, 3.8) is 0 Å². The van der Waals surface area contributed by atoms with Gasteiger partial charge in [0.15, 0.2) is 0 Å². The zero-order valence-electron chi connectivity index (χ0n) is 24.1. The molecule has 228 valence electrons. The van der Waals surface area contributed by atoms with Crippen LogP contribution in [0.2, 0.25) is 0 Å². The number of rotatable bonds is 10. The van der Waals surface area contributed by atoms with E-state index in [2.05, 4.69) is 11.9 Å². The lowest BCUT2D eigenvalue weighted by Gasteiger charge is -2.19. The van der Waals surface area contributed by atoms with Crippen LogP contribution in [0.5, 0.6) is 5.75 Å². The highest BCUT2D eigenvalue weighted by Gasteiger charge is 2.37. The van der Waals surface area contributed by atoms with Gasteiger partial charge in [-0.25, -0.2) is 17.6 Å². The summed E-state index contributed by atoms with van der Waals surface area (Å²) in [6, 6.07) is 19.3. The Bertz CT molecular complexity index is 1840. The third-order valence-electron chi connectivity index (χ3n) is 7.34. The van der Waals surface area contributed by atoms with Crippen molar-refractivity contribution in [1.29, 1.82) is 5.26 Å². The van der Waals surface area contributed by atoms with Gasteiger partial charge in [-0.1, -0.05) is 56.2 Å². The third-order valence-corrected chi connectivity index (χ3v) is 7.34. The number of unbranched alkanes of at least 4 members (excludes halogenated alkanes) is 2. The van der Waals surface area contributed by atoms with Crippen molar-refractivity contribution in [3.05, 3.63) is 131 Å². The number of halogens is 6. The number of alkyl halides is 2. The molecule has 0 atom stereocenters. The quantitative estimate of drug-likeness (QED) is 0.116. The van der Waals surface area contributed by atoms with Crippen LogP contribution in [0.15, 0.2) is 91.1 Å². The van der Waals surface area contributed by atoms with Crippen LogP contribution in [0.3, 0.4) is 0 Å². The van der Waals surface area contributed by atoms with E-state index in [4.69, 9.17) is 10.00 Å². The van der Waals surface area contributed by atoms with Crippen molar-refractivity contribution in [1.82, 2.24) is 4.98 Å². The summed E-state index contributed by atoms with van der Waals surface area (Å²) < 4.78 is 92.8. The molecule has 5 aromatic rings. The van der Waals surface area contributed by atoms with Gasteiger partial charge in [-0.2, -0.15) is 14.0 Å². The maximum atomic E-state index is 15.0. The Hall–Kier alpha value is -5.10. The molecule has 3 nitrogen and oxygen atoms in total. The molecule has 0 N–H and O–H groups in total. The molecule has 0 aliphatic rings. The summed E-state index contributed by atoms with van der Waals surface area (Å²) in [6.07, 6.45) is 1.84. The van der Waals surface area contributed by atoms with Gasteiger partial charge < -0.3 is 4.74 Å². The van der Waals surface area contributed by atoms with Gasteiger partial charge in [0.2, 0.25) is 0 Å². The molecule has 5 rings (SSSR count). The highest BCUT2D eigenvalue weighted by Crippen LogP contribution is 2.36. The predicted molar refractivity (Wildman–Crippen MR) is 159 cm³/mol. The Morgan fingerprint density at radius 2 is 1.36 bits per heavy atom. The third kappa shape index (κ3) is 7.01. The number of aromatic nitrogens is 1. The minimum atomic E-state index is -4.00. The van der Waals surface area contributed by atoms with Gasteiger partial charge in [-0.05, 0) is 83.6 Å². The minimum absolute atomic E-state index is 0.0914. The zero-order chi connectivity index (χ0) is 32.1. The number of nitrogens with zero attached hydrogens (tertiary/aromatic N) is 2. The maximum absolute atomic E-state index is 15.0. The average molecular weight is 617 g/mol. The number of hydrogen-bond acceptors (Lipinski definition) is 3. The number of hydrogen-bond donors (Lipinski definition) is 0. The molecule has 0 aliphatic heterocycles. The monoisotopic (exact) mass is 616 g/mol. The molecule has 0 amide bonds. The first kappa shape index (κ1) is 31.3. The fraction of sp³-hybridized carbons (Fsp3) is 0.167. The summed E-state index contributed by atoms with van der Waals surface area (Å²) >= 11 is 0. The van der Waals surface area contributed by atoms with E-state index in [1.165, 1.54) is 48.5 Å². The Balaban J connectivity index is 1.29. The first-order chi connectivity index (χ1) is 21.6. The highest BCUT2D eigenvalue weighted by molar-refractivity contribution is 5.72. The molecule has 4 aromatic carbocycles. The fourth-order valence-corrected chi connectivity index (χ4v) is 4.92. The van der Waals surface area contributed by atoms with Crippen LogP contribution in [-0.2, 0) is 12.5 Å². The van der Waals surface area contributed by atoms with Crippen LogP contribution in [0.25, 0.3) is 33.5 Å². The smallest absolute Gasteiger partial charge is 0.429 e. The van der Waals surface area contributed by atoms with Crippen LogP contribution in [0.1, 0.15) is 42.9 Å². The summed E-state index contributed by atoms with van der Waals surface area (Å²) in [5.74, 6) is -4.42. The largest absolute Gasteiger partial charge is 0.429 e. The van der Waals surface area contributed by atoms with Crippen molar-refractivity contribution in [2.24, 2.45) is 0 Å². The zero-order valence-corrected chi connectivity index (χ0v) is 24.1. The molecule has 0 saturated carbocycles. The van der Waals surface area contributed by atoms with Crippen LogP contribution in [0, 0.1) is 34.6 Å². The van der Waals surface area contributed by atoms with E-state index in [-0.39, 0.29) is 16.9 Å². The van der Waals surface area contributed by atoms with Crippen LogP contribution >= 0.6 is 0 Å². The maximum Gasteiger partial charge on any atom is 0.429 e. The molecule has 1 heterocycles. The van der Waals surface area contributed by atoms with E-state index in [1.807, 2.05) is 6.07 Å². The van der Waals surface area contributed by atoms with Gasteiger partial charge in [0, 0.05) is 17.3 Å². The molecule has 45 heavy (non-hydrogen) atoms. The van der Waals surface area contributed by atoms with Gasteiger partial charge >= 0.3 is 6.11 Å². The average Bonchev–Trinajstić information content (AvgIpc) is 3.01. The van der Waals surface area contributed by atoms with Crippen molar-refractivity contribution in [3.8, 4) is 45.3 Å². The van der Waals surface area contributed by atoms with E-state index < -0.39 is 40.5 Å². The van der Waals surface area contributed by atoms with Crippen molar-refractivity contribution < 1.29 is 31.1 Å². The van der Waals surface area contributed by atoms with Gasteiger partial charge in [-0.15, -0.1) is 0 Å². The van der Waals surface area contributed by atoms with Crippen molar-refractivity contribution in [2.75, 3.05) is 0 Å². The number of ether oxygens (including phenoxy) is 1. The van der Waals surface area contributed by atoms with Gasteiger partial charge in [0.1, 0.15) is 40.7 Å². The first-order valence-corrected chi connectivity index (χ1v) is 14.2. The molecular weight excluding hydrogens is 590 g/mol.